The van der Waals surface area contributed by atoms with Crippen LogP contribution >= 0.6 is 22.9 Å². The van der Waals surface area contributed by atoms with Gasteiger partial charge in [0, 0.05) is 22.5 Å². The van der Waals surface area contributed by atoms with Crippen molar-refractivity contribution in [1.29, 1.82) is 5.26 Å². The van der Waals surface area contributed by atoms with Gasteiger partial charge in [-0.15, -0.1) is 11.3 Å². The molecule has 0 aliphatic carbocycles. The van der Waals surface area contributed by atoms with E-state index in [1.165, 1.54) is 17.4 Å². The highest BCUT2D eigenvalue weighted by atomic mass is 35.5. The molecule has 1 aliphatic heterocycles. The number of nitriles is 1. The first-order valence-corrected chi connectivity index (χ1v) is 9.92. The Balaban J connectivity index is 1.74. The highest BCUT2D eigenvalue weighted by Gasteiger charge is 2.27. The predicted molar refractivity (Wildman–Crippen MR) is 109 cm³/mol. The van der Waals surface area contributed by atoms with E-state index < -0.39 is 0 Å². The fraction of sp³-hybridized carbons (Fsp3) is 0.250. The number of carbonyl (C=O) groups is 2. The van der Waals surface area contributed by atoms with E-state index in [-0.39, 0.29) is 12.0 Å². The summed E-state index contributed by atoms with van der Waals surface area (Å²) in [4.78, 5) is 26.7. The van der Waals surface area contributed by atoms with Gasteiger partial charge < -0.3 is 15.0 Å². The molecule has 0 fully saturated rings. The molecule has 0 bridgehead atoms. The van der Waals surface area contributed by atoms with Crippen LogP contribution in [0.2, 0.25) is 5.02 Å². The van der Waals surface area contributed by atoms with Gasteiger partial charge in [0.15, 0.2) is 0 Å². The van der Waals surface area contributed by atoms with Gasteiger partial charge in [0.2, 0.25) is 5.91 Å². The highest BCUT2D eigenvalue weighted by molar-refractivity contribution is 7.16. The lowest BCUT2D eigenvalue weighted by atomic mass is 10.0. The van der Waals surface area contributed by atoms with Crippen molar-refractivity contribution in [2.75, 3.05) is 18.5 Å². The normalized spacial score (nSPS) is 13.1. The van der Waals surface area contributed by atoms with Gasteiger partial charge in [-0.2, -0.15) is 5.26 Å². The molecule has 28 heavy (non-hydrogen) atoms. The number of benzene rings is 1. The third kappa shape index (κ3) is 4.53. The van der Waals surface area contributed by atoms with Crippen LogP contribution in [0.3, 0.4) is 0 Å². The summed E-state index contributed by atoms with van der Waals surface area (Å²) in [5, 5.41) is 13.4. The van der Waals surface area contributed by atoms with Crippen LogP contribution < -0.4 is 5.32 Å². The highest BCUT2D eigenvalue weighted by Crippen LogP contribution is 2.36. The van der Waals surface area contributed by atoms with Gasteiger partial charge in [-0.05, 0) is 42.7 Å². The fourth-order valence-corrected chi connectivity index (χ4v) is 4.33. The van der Waals surface area contributed by atoms with E-state index in [1.807, 2.05) is 6.07 Å². The number of nitrogens with one attached hydrogen (secondary N) is 1. The minimum Gasteiger partial charge on any atom is -0.450 e. The molecular weight excluding hydrogens is 398 g/mol. The van der Waals surface area contributed by atoms with Gasteiger partial charge in [0.1, 0.15) is 11.1 Å². The van der Waals surface area contributed by atoms with Crippen LogP contribution in [0.25, 0.3) is 6.08 Å². The number of hydrogen-bond donors (Lipinski definition) is 1. The van der Waals surface area contributed by atoms with Crippen LogP contribution in [0.1, 0.15) is 28.5 Å². The van der Waals surface area contributed by atoms with Crippen molar-refractivity contribution in [2.24, 2.45) is 0 Å². The van der Waals surface area contributed by atoms with E-state index >= 15 is 0 Å². The smallest absolute Gasteiger partial charge is 0.410 e. The summed E-state index contributed by atoms with van der Waals surface area (Å²) in [6.45, 7) is 2.94. The molecule has 8 heteroatoms. The van der Waals surface area contributed by atoms with Crippen LogP contribution in [0.15, 0.2) is 30.3 Å². The van der Waals surface area contributed by atoms with Crippen molar-refractivity contribution in [1.82, 2.24) is 4.90 Å². The van der Waals surface area contributed by atoms with Crippen molar-refractivity contribution in [3.63, 3.8) is 0 Å². The predicted octanol–water partition coefficient (Wildman–Crippen LogP) is 4.44. The number of halogens is 1. The molecule has 0 atom stereocenters. The first-order valence-electron chi connectivity index (χ1n) is 8.72. The maximum absolute atomic E-state index is 12.3. The number of anilines is 1. The number of fused-ring (bicyclic) bond motifs is 1. The van der Waals surface area contributed by atoms with Crippen molar-refractivity contribution in [3.05, 3.63) is 56.9 Å². The van der Waals surface area contributed by atoms with Crippen molar-refractivity contribution >= 4 is 46.0 Å². The molecule has 0 spiro atoms. The van der Waals surface area contributed by atoms with Gasteiger partial charge in [0.25, 0.3) is 0 Å². The molecule has 2 aromatic rings. The van der Waals surface area contributed by atoms with Crippen LogP contribution in [-0.2, 0) is 22.5 Å². The summed E-state index contributed by atoms with van der Waals surface area (Å²) in [5.74, 6) is -0.336. The van der Waals surface area contributed by atoms with Crippen molar-refractivity contribution in [2.45, 2.75) is 19.9 Å². The Morgan fingerprint density at radius 1 is 1.46 bits per heavy atom. The van der Waals surface area contributed by atoms with Gasteiger partial charge in [-0.25, -0.2) is 4.79 Å². The minimum absolute atomic E-state index is 0.316. The molecule has 0 unspecified atom stereocenters. The average Bonchev–Trinajstić information content (AvgIpc) is 3.02. The first kappa shape index (κ1) is 19.9. The second kappa shape index (κ2) is 8.91. The lowest BCUT2D eigenvalue weighted by Crippen LogP contribution is -2.35. The maximum atomic E-state index is 12.3. The van der Waals surface area contributed by atoms with E-state index in [1.54, 1.807) is 36.1 Å². The fourth-order valence-electron chi connectivity index (χ4n) is 2.92. The molecule has 6 nitrogen and oxygen atoms in total. The Labute approximate surface area is 172 Å². The van der Waals surface area contributed by atoms with E-state index in [2.05, 4.69) is 11.4 Å². The molecule has 1 aromatic heterocycles. The number of thiophene rings is 1. The lowest BCUT2D eigenvalue weighted by Gasteiger charge is -2.25. The number of ether oxygens (including phenoxy) is 1. The van der Waals surface area contributed by atoms with Crippen LogP contribution in [0, 0.1) is 11.3 Å². The molecular formula is C20H18ClN3O3S. The standard InChI is InChI=1S/C20H18ClN3O3S/c1-2-27-20(26)24-9-8-15-16(11-22)19(28-17(15)12-24)23-18(25)7-6-13-4-3-5-14(21)10-13/h3-7,10H,2,8-9,12H2,1H3,(H,23,25)/b7-6+. The second-order valence-corrected chi connectivity index (χ2v) is 7.61. The zero-order chi connectivity index (χ0) is 20.1. The summed E-state index contributed by atoms with van der Waals surface area (Å²) >= 11 is 7.25. The molecule has 2 amide bonds. The number of hydrogen-bond acceptors (Lipinski definition) is 5. The summed E-state index contributed by atoms with van der Waals surface area (Å²) in [5.41, 5.74) is 2.16. The Morgan fingerprint density at radius 3 is 3.00 bits per heavy atom. The largest absolute Gasteiger partial charge is 0.450 e. The van der Waals surface area contributed by atoms with Crippen molar-refractivity contribution in [3.8, 4) is 6.07 Å². The third-order valence-electron chi connectivity index (χ3n) is 4.21. The summed E-state index contributed by atoms with van der Waals surface area (Å²) < 4.78 is 5.05. The lowest BCUT2D eigenvalue weighted by molar-refractivity contribution is -0.111. The van der Waals surface area contributed by atoms with Gasteiger partial charge in [-0.1, -0.05) is 23.7 Å². The maximum Gasteiger partial charge on any atom is 0.410 e. The molecule has 0 saturated heterocycles. The second-order valence-electron chi connectivity index (χ2n) is 6.07. The quantitative estimate of drug-likeness (QED) is 0.748. The first-order chi connectivity index (χ1) is 13.5. The zero-order valence-electron chi connectivity index (χ0n) is 15.2. The number of nitrogens with zero attached hydrogens (tertiary/aromatic N) is 2. The number of amides is 2. The molecule has 2 heterocycles. The Hall–Kier alpha value is -2.82. The van der Waals surface area contributed by atoms with E-state index in [4.69, 9.17) is 16.3 Å². The van der Waals surface area contributed by atoms with Gasteiger partial charge in [0.05, 0.1) is 18.7 Å². The van der Waals surface area contributed by atoms with Crippen LogP contribution in [0.5, 0.6) is 0 Å². The molecule has 1 N–H and O–H groups in total. The van der Waals surface area contributed by atoms with E-state index in [0.29, 0.717) is 41.7 Å². The molecule has 1 aromatic carbocycles. The van der Waals surface area contributed by atoms with Gasteiger partial charge in [-0.3, -0.25) is 4.79 Å². The Morgan fingerprint density at radius 2 is 2.29 bits per heavy atom. The SMILES string of the molecule is CCOC(=O)N1CCc2c(sc(NC(=O)/C=C/c3cccc(Cl)c3)c2C#N)C1. The van der Waals surface area contributed by atoms with Gasteiger partial charge >= 0.3 is 6.09 Å². The molecule has 1 aliphatic rings. The van der Waals surface area contributed by atoms with E-state index in [9.17, 15) is 14.9 Å². The summed E-state index contributed by atoms with van der Waals surface area (Å²) in [7, 11) is 0. The molecule has 0 saturated carbocycles. The summed E-state index contributed by atoms with van der Waals surface area (Å²) in [6, 6.07) is 9.33. The topological polar surface area (TPSA) is 82.4 Å². The van der Waals surface area contributed by atoms with E-state index in [0.717, 1.165) is 16.0 Å². The number of carbonyl (C=O) groups excluding carboxylic acids is 2. The average molecular weight is 416 g/mol. The van der Waals surface area contributed by atoms with Crippen molar-refractivity contribution < 1.29 is 14.3 Å². The van der Waals surface area contributed by atoms with Crippen LogP contribution in [0.4, 0.5) is 9.80 Å². The monoisotopic (exact) mass is 415 g/mol. The Bertz CT molecular complexity index is 978. The summed E-state index contributed by atoms with van der Waals surface area (Å²) in [6.07, 6.45) is 3.25. The molecule has 3 rings (SSSR count). The van der Waals surface area contributed by atoms with Crippen LogP contribution in [-0.4, -0.2) is 30.1 Å². The number of rotatable bonds is 4. The Kier molecular flexibility index (Phi) is 6.34. The molecule has 144 valence electrons. The zero-order valence-corrected chi connectivity index (χ0v) is 16.8. The minimum atomic E-state index is -0.366. The molecule has 0 radical (unpaired) electrons. The third-order valence-corrected chi connectivity index (χ3v) is 5.57.